The van der Waals surface area contributed by atoms with Gasteiger partial charge < -0.3 is 9.80 Å². The number of nitrogens with zero attached hydrogens (tertiary/aromatic N) is 4. The van der Waals surface area contributed by atoms with Crippen LogP contribution in [0.1, 0.15) is 92.9 Å². The van der Waals surface area contributed by atoms with Crippen molar-refractivity contribution >= 4 is 31.9 Å². The van der Waals surface area contributed by atoms with E-state index in [0.717, 1.165) is 63.8 Å². The molecule has 1 fully saturated rings. The lowest BCUT2D eigenvalue weighted by Gasteiger charge is -2.31. The number of sulfonamides is 2. The van der Waals surface area contributed by atoms with E-state index in [1.165, 1.54) is 8.61 Å². The van der Waals surface area contributed by atoms with Crippen molar-refractivity contribution in [2.75, 3.05) is 26.7 Å². The molecule has 1 saturated carbocycles. The largest absolute Gasteiger partial charge is 0.338 e. The Labute approximate surface area is 338 Å². The molecule has 0 spiro atoms. The third-order valence-corrected chi connectivity index (χ3v) is 16.1. The molecule has 0 bridgehead atoms. The molecule has 0 N–H and O–H groups in total. The van der Waals surface area contributed by atoms with Gasteiger partial charge in [-0.05, 0) is 114 Å². The van der Waals surface area contributed by atoms with Crippen molar-refractivity contribution in [3.8, 4) is 11.1 Å². The van der Waals surface area contributed by atoms with E-state index >= 15 is 0 Å². The van der Waals surface area contributed by atoms with Crippen molar-refractivity contribution in [3.63, 3.8) is 0 Å². The fourth-order valence-corrected chi connectivity index (χ4v) is 11.3. The molecular weight excluding hydrogens is 757 g/mol. The van der Waals surface area contributed by atoms with Crippen molar-refractivity contribution in [1.29, 1.82) is 0 Å². The summed E-state index contributed by atoms with van der Waals surface area (Å²) in [5, 5.41) is 0. The second kappa shape index (κ2) is 16.1. The summed E-state index contributed by atoms with van der Waals surface area (Å²) in [6.45, 7) is 11.8. The van der Waals surface area contributed by atoms with Crippen molar-refractivity contribution in [1.82, 2.24) is 18.4 Å². The van der Waals surface area contributed by atoms with Crippen LogP contribution in [0.15, 0.2) is 94.7 Å². The maximum absolute atomic E-state index is 14.1. The number of benzene rings is 4. The van der Waals surface area contributed by atoms with Crippen LogP contribution >= 0.6 is 0 Å². The molecular formula is C45H54N4O6S2. The number of carbonyl (C=O) groups is 2. The van der Waals surface area contributed by atoms with E-state index in [1.54, 1.807) is 36.2 Å². The third-order valence-electron chi connectivity index (χ3n) is 12.1. The molecule has 302 valence electrons. The Morgan fingerprint density at radius 1 is 0.667 bits per heavy atom. The normalized spacial score (nSPS) is 17.1. The molecule has 4 aromatic carbocycles. The van der Waals surface area contributed by atoms with Gasteiger partial charge in [0.15, 0.2) is 0 Å². The summed E-state index contributed by atoms with van der Waals surface area (Å²) < 4.78 is 59.1. The smallest absolute Gasteiger partial charge is 0.243 e. The zero-order valence-electron chi connectivity index (χ0n) is 33.8. The van der Waals surface area contributed by atoms with Gasteiger partial charge >= 0.3 is 0 Å². The first-order valence-electron chi connectivity index (χ1n) is 20.1. The lowest BCUT2D eigenvalue weighted by Crippen LogP contribution is -2.38. The molecule has 0 saturated heterocycles. The highest BCUT2D eigenvalue weighted by Crippen LogP contribution is 2.36. The number of carbonyl (C=O) groups excluding carboxylic acids is 2. The van der Waals surface area contributed by atoms with Crippen LogP contribution in [0.3, 0.4) is 0 Å². The first kappa shape index (κ1) is 40.8. The minimum atomic E-state index is -3.86. The number of amides is 2. The standard InChI is InChI=1S/C45H54N4O6S2/c1-7-49(57(54,55)43-20-18-36-22-24-48(29-41(36)27-43)45(51)37-15-16-37)32(5)33-11-13-34(14-12-33)39-10-8-9-38(25-39)31(4)46(6)56(52,53)42-19-17-35-21-23-47(28-40(35)26-42)44(50)30(2)3/h8-14,17-20,25-27,30-32,37H,7,15-16,21-24,28-29H2,1-6H3/t31-,32-/m0/s1. The molecule has 1 aliphatic carbocycles. The van der Waals surface area contributed by atoms with E-state index < -0.39 is 32.1 Å². The zero-order chi connectivity index (χ0) is 40.8. The van der Waals surface area contributed by atoms with Crippen LogP contribution in [-0.4, -0.2) is 73.7 Å². The van der Waals surface area contributed by atoms with Gasteiger partial charge in [0, 0.05) is 63.7 Å². The first-order chi connectivity index (χ1) is 27.1. The van der Waals surface area contributed by atoms with Crippen LogP contribution in [0.2, 0.25) is 0 Å². The fraction of sp³-hybridized carbons (Fsp3) is 0.422. The molecule has 10 nitrogen and oxygen atoms in total. The Morgan fingerprint density at radius 2 is 1.25 bits per heavy atom. The highest BCUT2D eigenvalue weighted by molar-refractivity contribution is 7.89. The van der Waals surface area contributed by atoms with Crippen LogP contribution in [0.5, 0.6) is 0 Å². The molecule has 57 heavy (non-hydrogen) atoms. The van der Waals surface area contributed by atoms with E-state index in [1.807, 2.05) is 100 Å². The molecule has 2 atom stereocenters. The summed E-state index contributed by atoms with van der Waals surface area (Å²) in [4.78, 5) is 29.6. The number of hydrogen-bond acceptors (Lipinski definition) is 6. The number of fused-ring (bicyclic) bond motifs is 2. The molecule has 3 aliphatic rings. The maximum atomic E-state index is 14.1. The predicted octanol–water partition coefficient (Wildman–Crippen LogP) is 7.34. The van der Waals surface area contributed by atoms with E-state index in [0.29, 0.717) is 32.6 Å². The summed E-state index contributed by atoms with van der Waals surface area (Å²) in [5.41, 5.74) is 7.44. The molecule has 7 rings (SSSR count). The fourth-order valence-electron chi connectivity index (χ4n) is 8.19. The van der Waals surface area contributed by atoms with Gasteiger partial charge in [0.25, 0.3) is 0 Å². The van der Waals surface area contributed by atoms with E-state index in [4.69, 9.17) is 0 Å². The quantitative estimate of drug-likeness (QED) is 0.148. The summed E-state index contributed by atoms with van der Waals surface area (Å²) >= 11 is 0. The molecule has 0 unspecified atom stereocenters. The minimum absolute atomic E-state index is 0.0665. The highest BCUT2D eigenvalue weighted by Gasteiger charge is 2.36. The molecule has 2 aliphatic heterocycles. The Bertz CT molecular complexity index is 2390. The Morgan fingerprint density at radius 3 is 1.82 bits per heavy atom. The predicted molar refractivity (Wildman–Crippen MR) is 222 cm³/mol. The molecule has 0 radical (unpaired) electrons. The van der Waals surface area contributed by atoms with Crippen molar-refractivity contribution in [2.24, 2.45) is 11.8 Å². The Kier molecular flexibility index (Phi) is 11.5. The summed E-state index contributed by atoms with van der Waals surface area (Å²) in [6, 6.07) is 25.4. The van der Waals surface area contributed by atoms with Crippen LogP contribution in [-0.2, 0) is 55.6 Å². The van der Waals surface area contributed by atoms with Gasteiger partial charge in [-0.15, -0.1) is 0 Å². The topological polar surface area (TPSA) is 115 Å². The molecule has 2 amide bonds. The molecule has 2 heterocycles. The average molecular weight is 811 g/mol. The van der Waals surface area contributed by atoms with Gasteiger partial charge in [0.2, 0.25) is 31.9 Å². The van der Waals surface area contributed by atoms with Gasteiger partial charge in [-0.25, -0.2) is 16.8 Å². The van der Waals surface area contributed by atoms with Crippen molar-refractivity contribution < 1.29 is 26.4 Å². The third kappa shape index (κ3) is 8.19. The Hall–Kier alpha value is -4.36. The summed E-state index contributed by atoms with van der Waals surface area (Å²) in [6.07, 6.45) is 3.31. The average Bonchev–Trinajstić information content (AvgIpc) is 4.08. The SMILES string of the molecule is CCN([C@@H](C)c1ccc(-c2cccc([C@H](C)N(C)S(=O)(=O)c3ccc4c(c3)CN(C(=O)C(C)C)CC4)c2)cc1)S(=O)(=O)c1ccc2c(c1)CN(C(=O)C1CC1)CC2. The van der Waals surface area contributed by atoms with Gasteiger partial charge in [-0.2, -0.15) is 8.61 Å². The van der Waals surface area contributed by atoms with Crippen LogP contribution in [0, 0.1) is 11.8 Å². The van der Waals surface area contributed by atoms with E-state index in [-0.39, 0.29) is 40.0 Å². The monoisotopic (exact) mass is 810 g/mol. The maximum Gasteiger partial charge on any atom is 0.243 e. The highest BCUT2D eigenvalue weighted by atomic mass is 32.2. The molecule has 12 heteroatoms. The van der Waals surface area contributed by atoms with E-state index in [2.05, 4.69) is 0 Å². The Balaban J connectivity index is 1.05. The number of hydrogen-bond donors (Lipinski definition) is 0. The van der Waals surface area contributed by atoms with Gasteiger partial charge in [-0.1, -0.05) is 75.4 Å². The van der Waals surface area contributed by atoms with Crippen LogP contribution in [0.25, 0.3) is 11.1 Å². The van der Waals surface area contributed by atoms with Gasteiger partial charge in [-0.3, -0.25) is 9.59 Å². The lowest BCUT2D eigenvalue weighted by atomic mass is 9.98. The molecule has 0 aromatic heterocycles. The van der Waals surface area contributed by atoms with E-state index in [9.17, 15) is 26.4 Å². The summed E-state index contributed by atoms with van der Waals surface area (Å²) in [5.74, 6) is 0.251. The first-order valence-corrected chi connectivity index (χ1v) is 23.0. The molecule has 4 aromatic rings. The van der Waals surface area contributed by atoms with Crippen LogP contribution < -0.4 is 0 Å². The second-order valence-corrected chi connectivity index (χ2v) is 20.0. The van der Waals surface area contributed by atoms with Crippen molar-refractivity contribution in [3.05, 3.63) is 118 Å². The summed E-state index contributed by atoms with van der Waals surface area (Å²) in [7, 11) is -6.11. The minimum Gasteiger partial charge on any atom is -0.338 e. The van der Waals surface area contributed by atoms with Gasteiger partial charge in [0.05, 0.1) is 9.79 Å². The number of rotatable bonds is 12. The van der Waals surface area contributed by atoms with Gasteiger partial charge in [0.1, 0.15) is 0 Å². The van der Waals surface area contributed by atoms with Crippen molar-refractivity contribution in [2.45, 2.75) is 95.3 Å². The zero-order valence-corrected chi connectivity index (χ0v) is 35.4. The second-order valence-electron chi connectivity index (χ2n) is 16.1. The van der Waals surface area contributed by atoms with Crippen LogP contribution in [0.4, 0.5) is 0 Å². The lowest BCUT2D eigenvalue weighted by molar-refractivity contribution is -0.135.